The van der Waals surface area contributed by atoms with E-state index in [9.17, 15) is 9.90 Å². The van der Waals surface area contributed by atoms with Crippen LogP contribution in [0.4, 0.5) is 0 Å². The highest BCUT2D eigenvalue weighted by molar-refractivity contribution is 5.85. The minimum atomic E-state index is -0.818. The van der Waals surface area contributed by atoms with Crippen molar-refractivity contribution in [1.29, 1.82) is 0 Å². The Morgan fingerprint density at radius 3 is 2.75 bits per heavy atom. The maximum absolute atomic E-state index is 11.6. The highest BCUT2D eigenvalue weighted by Gasteiger charge is 2.26. The Hall–Kier alpha value is -0.650. The number of carbonyl (C=O) groups is 1. The van der Waals surface area contributed by atoms with E-state index in [1.165, 1.54) is 7.11 Å². The number of ether oxygens (including phenoxy) is 1. The molecule has 5 heteroatoms. The molecule has 0 saturated carbocycles. The Labute approximate surface area is 97.3 Å². The molecule has 0 fully saturated rings. The van der Waals surface area contributed by atoms with Gasteiger partial charge in [0, 0.05) is 13.7 Å². The fourth-order valence-corrected chi connectivity index (χ4v) is 1.46. The Morgan fingerprint density at radius 2 is 2.25 bits per heavy atom. The van der Waals surface area contributed by atoms with Gasteiger partial charge in [-0.15, -0.1) is 0 Å². The van der Waals surface area contributed by atoms with Crippen molar-refractivity contribution in [3.8, 4) is 0 Å². The topological polar surface area (TPSA) is 84.6 Å². The summed E-state index contributed by atoms with van der Waals surface area (Å²) < 4.78 is 4.78. The first-order valence-corrected chi connectivity index (χ1v) is 5.68. The fraction of sp³-hybridized carbons (Fsp3) is 0.909. The maximum atomic E-state index is 11.6. The normalized spacial score (nSPS) is 16.6. The molecular weight excluding hydrogens is 208 g/mol. The monoisotopic (exact) mass is 232 g/mol. The predicted molar refractivity (Wildman–Crippen MR) is 63.0 cm³/mol. The van der Waals surface area contributed by atoms with Crippen LogP contribution in [0.2, 0.25) is 0 Å². The molecule has 4 N–H and O–H groups in total. The molecule has 2 atom stereocenters. The third-order valence-corrected chi connectivity index (χ3v) is 2.41. The van der Waals surface area contributed by atoms with Gasteiger partial charge in [-0.3, -0.25) is 4.79 Å². The Morgan fingerprint density at radius 1 is 1.62 bits per heavy atom. The van der Waals surface area contributed by atoms with Gasteiger partial charge in [0.05, 0.1) is 18.2 Å². The van der Waals surface area contributed by atoms with Crippen molar-refractivity contribution in [3.63, 3.8) is 0 Å². The summed E-state index contributed by atoms with van der Waals surface area (Å²) in [6.45, 7) is 4.41. The lowest BCUT2D eigenvalue weighted by molar-refractivity contribution is -0.126. The maximum Gasteiger partial charge on any atom is 0.239 e. The van der Waals surface area contributed by atoms with Crippen molar-refractivity contribution in [1.82, 2.24) is 5.32 Å². The van der Waals surface area contributed by atoms with Gasteiger partial charge in [-0.2, -0.15) is 0 Å². The smallest absolute Gasteiger partial charge is 0.239 e. The molecule has 0 bridgehead atoms. The molecule has 0 aliphatic carbocycles. The summed E-state index contributed by atoms with van der Waals surface area (Å²) in [5.41, 5.74) is 5.03. The molecule has 0 aromatic carbocycles. The predicted octanol–water partition coefficient (Wildman–Crippen LogP) is 0.0175. The molecule has 2 unspecified atom stereocenters. The summed E-state index contributed by atoms with van der Waals surface area (Å²) >= 11 is 0. The average Bonchev–Trinajstić information content (AvgIpc) is 2.17. The van der Waals surface area contributed by atoms with Gasteiger partial charge in [-0.25, -0.2) is 0 Å². The third kappa shape index (κ3) is 6.05. The van der Waals surface area contributed by atoms with Crippen LogP contribution in [0, 0.1) is 0 Å². The number of hydrogen-bond donors (Lipinski definition) is 3. The molecule has 0 radical (unpaired) electrons. The molecule has 0 aromatic heterocycles. The zero-order chi connectivity index (χ0) is 12.6. The van der Waals surface area contributed by atoms with Crippen LogP contribution in [0.25, 0.3) is 0 Å². The summed E-state index contributed by atoms with van der Waals surface area (Å²) in [5, 5.41) is 12.1. The summed E-state index contributed by atoms with van der Waals surface area (Å²) in [6, 6.07) is 0. The average molecular weight is 232 g/mol. The van der Waals surface area contributed by atoms with Gasteiger partial charge in [0.25, 0.3) is 0 Å². The van der Waals surface area contributed by atoms with Crippen molar-refractivity contribution in [2.45, 2.75) is 44.8 Å². The zero-order valence-electron chi connectivity index (χ0n) is 10.5. The van der Waals surface area contributed by atoms with E-state index < -0.39 is 11.6 Å². The first kappa shape index (κ1) is 15.3. The molecule has 0 aliphatic rings. The van der Waals surface area contributed by atoms with Crippen LogP contribution in [0.5, 0.6) is 0 Å². The minimum absolute atomic E-state index is 0.168. The number of aliphatic hydroxyl groups excluding tert-OH is 1. The van der Waals surface area contributed by atoms with E-state index in [-0.39, 0.29) is 12.5 Å². The van der Waals surface area contributed by atoms with Crippen molar-refractivity contribution in [2.75, 3.05) is 20.3 Å². The van der Waals surface area contributed by atoms with Gasteiger partial charge >= 0.3 is 0 Å². The summed E-state index contributed by atoms with van der Waals surface area (Å²) in [6.07, 6.45) is 1.45. The first-order chi connectivity index (χ1) is 7.44. The SMILES string of the molecule is CCCC(C)(N)C(=O)NCCC(O)COC. The lowest BCUT2D eigenvalue weighted by Crippen LogP contribution is -2.51. The number of hydrogen-bond acceptors (Lipinski definition) is 4. The second-order valence-electron chi connectivity index (χ2n) is 4.32. The fourth-order valence-electron chi connectivity index (χ4n) is 1.46. The highest BCUT2D eigenvalue weighted by atomic mass is 16.5. The molecule has 16 heavy (non-hydrogen) atoms. The second-order valence-corrected chi connectivity index (χ2v) is 4.32. The van der Waals surface area contributed by atoms with Crippen molar-refractivity contribution >= 4 is 5.91 Å². The highest BCUT2D eigenvalue weighted by Crippen LogP contribution is 2.08. The molecule has 1 amide bonds. The zero-order valence-corrected chi connectivity index (χ0v) is 10.5. The number of nitrogens with two attached hydrogens (primary N) is 1. The number of carbonyl (C=O) groups excluding carboxylic acids is 1. The van der Waals surface area contributed by atoms with Crippen LogP contribution in [-0.4, -0.2) is 42.9 Å². The number of aliphatic hydroxyl groups is 1. The number of rotatable bonds is 8. The minimum Gasteiger partial charge on any atom is -0.391 e. The van der Waals surface area contributed by atoms with Crippen LogP contribution >= 0.6 is 0 Å². The molecule has 0 rings (SSSR count). The Balaban J connectivity index is 3.80. The number of nitrogens with one attached hydrogen (secondary N) is 1. The molecule has 96 valence electrons. The van der Waals surface area contributed by atoms with Crippen molar-refractivity contribution in [2.24, 2.45) is 5.73 Å². The lowest BCUT2D eigenvalue weighted by atomic mass is 9.96. The van der Waals surface area contributed by atoms with Gasteiger partial charge in [0.15, 0.2) is 0 Å². The summed E-state index contributed by atoms with van der Waals surface area (Å²) in [7, 11) is 1.53. The van der Waals surface area contributed by atoms with E-state index in [2.05, 4.69) is 5.32 Å². The lowest BCUT2D eigenvalue weighted by Gasteiger charge is -2.23. The van der Waals surface area contributed by atoms with E-state index in [1.807, 2.05) is 6.92 Å². The number of amides is 1. The van der Waals surface area contributed by atoms with Gasteiger partial charge < -0.3 is 20.9 Å². The number of methoxy groups -OCH3 is 1. The molecule has 0 heterocycles. The van der Waals surface area contributed by atoms with Crippen LogP contribution in [0.15, 0.2) is 0 Å². The van der Waals surface area contributed by atoms with E-state index >= 15 is 0 Å². The molecule has 0 aromatic rings. The van der Waals surface area contributed by atoms with Crippen molar-refractivity contribution < 1.29 is 14.6 Å². The quantitative estimate of drug-likeness (QED) is 0.550. The molecule has 0 saturated heterocycles. The van der Waals surface area contributed by atoms with E-state index in [1.54, 1.807) is 6.92 Å². The van der Waals surface area contributed by atoms with E-state index in [0.29, 0.717) is 19.4 Å². The first-order valence-electron chi connectivity index (χ1n) is 5.68. The van der Waals surface area contributed by atoms with E-state index in [4.69, 9.17) is 10.5 Å². The molecule has 0 spiro atoms. The second kappa shape index (κ2) is 7.60. The third-order valence-electron chi connectivity index (χ3n) is 2.41. The molecule has 5 nitrogen and oxygen atoms in total. The van der Waals surface area contributed by atoms with Gasteiger partial charge in [-0.05, 0) is 19.8 Å². The van der Waals surface area contributed by atoms with Crippen LogP contribution < -0.4 is 11.1 Å². The largest absolute Gasteiger partial charge is 0.391 e. The Bertz CT molecular complexity index is 207. The van der Waals surface area contributed by atoms with Crippen LogP contribution in [0.1, 0.15) is 33.1 Å². The molecular formula is C11H24N2O3. The summed E-state index contributed by atoms with van der Waals surface area (Å²) in [4.78, 5) is 11.6. The van der Waals surface area contributed by atoms with E-state index in [0.717, 1.165) is 6.42 Å². The van der Waals surface area contributed by atoms with Crippen LogP contribution in [-0.2, 0) is 9.53 Å². The molecule has 0 aliphatic heterocycles. The summed E-state index contributed by atoms with van der Waals surface area (Å²) in [5.74, 6) is -0.168. The van der Waals surface area contributed by atoms with Gasteiger partial charge in [-0.1, -0.05) is 13.3 Å². The van der Waals surface area contributed by atoms with Crippen LogP contribution in [0.3, 0.4) is 0 Å². The van der Waals surface area contributed by atoms with Gasteiger partial charge in [0.1, 0.15) is 0 Å². The standard InChI is InChI=1S/C11H24N2O3/c1-4-6-11(2,12)10(15)13-7-5-9(14)8-16-3/h9,14H,4-8,12H2,1-3H3,(H,13,15). The van der Waals surface area contributed by atoms with Crippen molar-refractivity contribution in [3.05, 3.63) is 0 Å². The van der Waals surface area contributed by atoms with Gasteiger partial charge in [0.2, 0.25) is 5.91 Å². The Kier molecular flexibility index (Phi) is 7.29.